The summed E-state index contributed by atoms with van der Waals surface area (Å²) in [5.74, 6) is -0.989. The summed E-state index contributed by atoms with van der Waals surface area (Å²) < 4.78 is 31.8. The highest BCUT2D eigenvalue weighted by Gasteiger charge is 2.31. The highest BCUT2D eigenvalue weighted by atomic mass is 19.1. The molecular weight excluding hydrogens is 326 g/mol. The maximum absolute atomic E-state index is 13.5. The van der Waals surface area contributed by atoms with E-state index in [-0.39, 0.29) is 18.3 Å². The summed E-state index contributed by atoms with van der Waals surface area (Å²) >= 11 is 0. The van der Waals surface area contributed by atoms with E-state index in [0.29, 0.717) is 25.0 Å². The number of ether oxygens (including phenoxy) is 1. The molecule has 2 aliphatic rings. The van der Waals surface area contributed by atoms with E-state index < -0.39 is 11.6 Å². The van der Waals surface area contributed by atoms with Gasteiger partial charge in [0.15, 0.2) is 18.2 Å². The van der Waals surface area contributed by atoms with Gasteiger partial charge >= 0.3 is 0 Å². The van der Waals surface area contributed by atoms with Crippen LogP contribution in [0.3, 0.4) is 0 Å². The van der Waals surface area contributed by atoms with Crippen molar-refractivity contribution in [2.75, 3.05) is 33.3 Å². The number of rotatable bonds is 4. The molecule has 1 aromatic rings. The SMILES string of the molecule is CN1CCCCC1C1CCN(C(=O)COc2cc(F)ccc2F)CC1. The monoisotopic (exact) mass is 352 g/mol. The molecule has 0 bridgehead atoms. The first kappa shape index (κ1) is 18.1. The molecule has 6 heteroatoms. The van der Waals surface area contributed by atoms with Gasteiger partial charge in [-0.25, -0.2) is 8.78 Å². The van der Waals surface area contributed by atoms with E-state index in [4.69, 9.17) is 4.74 Å². The van der Waals surface area contributed by atoms with Gasteiger partial charge in [0.1, 0.15) is 5.82 Å². The molecule has 3 rings (SSSR count). The lowest BCUT2D eigenvalue weighted by atomic mass is 9.84. The smallest absolute Gasteiger partial charge is 0.260 e. The van der Waals surface area contributed by atoms with Crippen molar-refractivity contribution >= 4 is 5.91 Å². The van der Waals surface area contributed by atoms with Crippen molar-refractivity contribution in [3.63, 3.8) is 0 Å². The molecule has 4 nitrogen and oxygen atoms in total. The van der Waals surface area contributed by atoms with Gasteiger partial charge in [0.2, 0.25) is 0 Å². The molecule has 2 fully saturated rings. The number of nitrogens with zero attached hydrogens (tertiary/aromatic N) is 2. The van der Waals surface area contributed by atoms with Crippen LogP contribution in [-0.4, -0.2) is 55.0 Å². The zero-order valence-corrected chi connectivity index (χ0v) is 14.7. The minimum atomic E-state index is -0.659. The summed E-state index contributed by atoms with van der Waals surface area (Å²) in [7, 11) is 2.20. The van der Waals surface area contributed by atoms with Gasteiger partial charge in [-0.15, -0.1) is 0 Å². The van der Waals surface area contributed by atoms with Crippen molar-refractivity contribution in [2.24, 2.45) is 5.92 Å². The molecule has 1 amide bonds. The minimum absolute atomic E-state index is 0.167. The molecule has 2 aliphatic heterocycles. The summed E-state index contributed by atoms with van der Waals surface area (Å²) in [6.45, 7) is 2.33. The van der Waals surface area contributed by atoms with Gasteiger partial charge in [0, 0.05) is 25.2 Å². The Morgan fingerprint density at radius 3 is 2.64 bits per heavy atom. The first-order valence-corrected chi connectivity index (χ1v) is 9.10. The largest absolute Gasteiger partial charge is 0.481 e. The van der Waals surface area contributed by atoms with E-state index in [1.54, 1.807) is 4.90 Å². The molecule has 0 radical (unpaired) electrons. The molecule has 2 heterocycles. The van der Waals surface area contributed by atoms with E-state index in [1.165, 1.54) is 19.3 Å². The first-order valence-electron chi connectivity index (χ1n) is 9.10. The van der Waals surface area contributed by atoms with Crippen LogP contribution in [0.4, 0.5) is 8.78 Å². The lowest BCUT2D eigenvalue weighted by molar-refractivity contribution is -0.135. The van der Waals surface area contributed by atoms with Gasteiger partial charge in [0.25, 0.3) is 5.91 Å². The van der Waals surface area contributed by atoms with E-state index in [0.717, 1.165) is 37.6 Å². The van der Waals surface area contributed by atoms with Crippen LogP contribution in [0.15, 0.2) is 18.2 Å². The van der Waals surface area contributed by atoms with Crippen molar-refractivity contribution in [1.29, 1.82) is 0 Å². The number of piperidine rings is 2. The number of hydrogen-bond donors (Lipinski definition) is 0. The number of benzene rings is 1. The van der Waals surface area contributed by atoms with E-state index in [1.807, 2.05) is 0 Å². The first-order chi connectivity index (χ1) is 12.0. The van der Waals surface area contributed by atoms with Gasteiger partial charge in [-0.2, -0.15) is 0 Å². The van der Waals surface area contributed by atoms with Crippen LogP contribution >= 0.6 is 0 Å². The molecule has 1 aromatic carbocycles. The van der Waals surface area contributed by atoms with E-state index >= 15 is 0 Å². The van der Waals surface area contributed by atoms with Crippen molar-refractivity contribution in [3.8, 4) is 5.75 Å². The molecule has 0 aromatic heterocycles. The molecule has 1 atom stereocenters. The zero-order valence-electron chi connectivity index (χ0n) is 14.7. The molecule has 0 N–H and O–H groups in total. The van der Waals surface area contributed by atoms with Crippen molar-refractivity contribution in [1.82, 2.24) is 9.80 Å². The average Bonchev–Trinajstić information content (AvgIpc) is 2.63. The van der Waals surface area contributed by atoms with Crippen molar-refractivity contribution < 1.29 is 18.3 Å². The standard InChI is InChI=1S/C19H26F2N2O2/c1-22-9-3-2-4-17(22)14-7-10-23(11-8-14)19(24)13-25-18-12-15(20)5-6-16(18)21/h5-6,12,14,17H,2-4,7-11,13H2,1H3. The fourth-order valence-corrected chi connectivity index (χ4v) is 4.05. The fraction of sp³-hybridized carbons (Fsp3) is 0.632. The number of halogens is 2. The van der Waals surface area contributed by atoms with Crippen LogP contribution < -0.4 is 4.74 Å². The second-order valence-corrected chi connectivity index (χ2v) is 7.13. The van der Waals surface area contributed by atoms with Crippen molar-refractivity contribution in [2.45, 2.75) is 38.1 Å². The molecule has 0 saturated carbocycles. The highest BCUT2D eigenvalue weighted by molar-refractivity contribution is 5.77. The third-order valence-corrected chi connectivity index (χ3v) is 5.51. The van der Waals surface area contributed by atoms with Crippen LogP contribution in [0.5, 0.6) is 5.75 Å². The number of carbonyl (C=O) groups excluding carboxylic acids is 1. The third kappa shape index (κ3) is 4.48. The fourth-order valence-electron chi connectivity index (χ4n) is 4.05. The quantitative estimate of drug-likeness (QED) is 0.835. The third-order valence-electron chi connectivity index (χ3n) is 5.51. The van der Waals surface area contributed by atoms with Crippen molar-refractivity contribution in [3.05, 3.63) is 29.8 Å². The number of likely N-dealkylation sites (tertiary alicyclic amines) is 2. The number of amides is 1. The number of hydrogen-bond acceptors (Lipinski definition) is 3. The van der Waals surface area contributed by atoms with Gasteiger partial charge < -0.3 is 14.5 Å². The minimum Gasteiger partial charge on any atom is -0.481 e. The summed E-state index contributed by atoms with van der Waals surface area (Å²) in [6, 6.07) is 3.62. The predicted octanol–water partition coefficient (Wildman–Crippen LogP) is 3.07. The van der Waals surface area contributed by atoms with E-state index in [9.17, 15) is 13.6 Å². The Labute approximate surface area is 147 Å². The van der Waals surface area contributed by atoms with Crippen LogP contribution in [-0.2, 0) is 4.79 Å². The van der Waals surface area contributed by atoms with Crippen LogP contribution in [0.25, 0.3) is 0 Å². The maximum atomic E-state index is 13.5. The average molecular weight is 352 g/mol. The Balaban J connectivity index is 1.47. The Hall–Kier alpha value is -1.69. The highest BCUT2D eigenvalue weighted by Crippen LogP contribution is 2.29. The Bertz CT molecular complexity index is 603. The normalized spacial score (nSPS) is 22.8. The number of carbonyl (C=O) groups is 1. The summed E-state index contributed by atoms with van der Waals surface area (Å²) in [5.41, 5.74) is 0. The van der Waals surface area contributed by atoms with Gasteiger partial charge in [0.05, 0.1) is 0 Å². The Kier molecular flexibility index (Phi) is 5.89. The van der Waals surface area contributed by atoms with Gasteiger partial charge in [-0.1, -0.05) is 6.42 Å². The molecule has 1 unspecified atom stereocenters. The summed E-state index contributed by atoms with van der Waals surface area (Å²) in [5, 5.41) is 0. The van der Waals surface area contributed by atoms with E-state index in [2.05, 4.69) is 11.9 Å². The second kappa shape index (κ2) is 8.13. The lowest BCUT2D eigenvalue weighted by Gasteiger charge is -2.42. The Morgan fingerprint density at radius 1 is 1.16 bits per heavy atom. The lowest BCUT2D eigenvalue weighted by Crippen LogP contribution is -2.48. The molecule has 25 heavy (non-hydrogen) atoms. The maximum Gasteiger partial charge on any atom is 0.260 e. The summed E-state index contributed by atoms with van der Waals surface area (Å²) in [4.78, 5) is 16.5. The molecule has 0 spiro atoms. The summed E-state index contributed by atoms with van der Waals surface area (Å²) in [6.07, 6.45) is 5.81. The van der Waals surface area contributed by atoms with Crippen LogP contribution in [0.2, 0.25) is 0 Å². The van der Waals surface area contributed by atoms with Crippen LogP contribution in [0, 0.1) is 17.6 Å². The topological polar surface area (TPSA) is 32.8 Å². The van der Waals surface area contributed by atoms with Crippen LogP contribution in [0.1, 0.15) is 32.1 Å². The molecule has 138 valence electrons. The predicted molar refractivity (Wildman–Crippen MR) is 91.4 cm³/mol. The van der Waals surface area contributed by atoms with Gasteiger partial charge in [-0.3, -0.25) is 4.79 Å². The molecular formula is C19H26F2N2O2. The molecule has 0 aliphatic carbocycles. The second-order valence-electron chi connectivity index (χ2n) is 7.13. The Morgan fingerprint density at radius 2 is 1.92 bits per heavy atom. The zero-order chi connectivity index (χ0) is 17.8. The van der Waals surface area contributed by atoms with Gasteiger partial charge in [-0.05, 0) is 57.3 Å². The molecule has 2 saturated heterocycles.